The highest BCUT2D eigenvalue weighted by molar-refractivity contribution is 6.23. The number of hydrogen-bond acceptors (Lipinski definition) is 0. The molecule has 11 heavy (non-hydrogen) atoms. The molecular formula is C10H17Cl. The Morgan fingerprint density at radius 1 is 1.45 bits per heavy atom. The van der Waals surface area contributed by atoms with Crippen LogP contribution in [0.15, 0.2) is 0 Å². The summed E-state index contributed by atoms with van der Waals surface area (Å²) in [6.45, 7) is 2.31. The van der Waals surface area contributed by atoms with E-state index >= 15 is 0 Å². The van der Waals surface area contributed by atoms with Crippen LogP contribution in [0, 0.1) is 11.3 Å². The summed E-state index contributed by atoms with van der Waals surface area (Å²) in [6.07, 6.45) is 8.41. The van der Waals surface area contributed by atoms with Gasteiger partial charge in [-0.25, -0.2) is 0 Å². The molecule has 0 N–H and O–H groups in total. The lowest BCUT2D eigenvalue weighted by Gasteiger charge is -2.28. The second-order valence-electron chi connectivity index (χ2n) is 4.40. The van der Waals surface area contributed by atoms with Gasteiger partial charge in [-0.3, -0.25) is 0 Å². The third-order valence-corrected chi connectivity index (χ3v) is 4.27. The third kappa shape index (κ3) is 1.30. The van der Waals surface area contributed by atoms with Crippen molar-refractivity contribution in [3.63, 3.8) is 0 Å². The maximum atomic E-state index is 6.14. The molecule has 2 rings (SSSR count). The summed E-state index contributed by atoms with van der Waals surface area (Å²) in [5, 5.41) is 0.539. The van der Waals surface area contributed by atoms with Gasteiger partial charge in [-0.2, -0.15) is 0 Å². The summed E-state index contributed by atoms with van der Waals surface area (Å²) in [5.41, 5.74) is 0.625. The van der Waals surface area contributed by atoms with Crippen molar-refractivity contribution < 1.29 is 0 Å². The van der Waals surface area contributed by atoms with Crippen LogP contribution in [-0.4, -0.2) is 5.38 Å². The summed E-state index contributed by atoms with van der Waals surface area (Å²) in [6, 6.07) is 0. The number of rotatable bonds is 1. The Balaban J connectivity index is 1.94. The minimum Gasteiger partial charge on any atom is -0.122 e. The third-order valence-electron chi connectivity index (χ3n) is 3.65. The zero-order chi connectivity index (χ0) is 7.90. The Kier molecular flexibility index (Phi) is 1.91. The summed E-state index contributed by atoms with van der Waals surface area (Å²) >= 11 is 6.14. The fourth-order valence-corrected chi connectivity index (χ4v) is 3.14. The van der Waals surface area contributed by atoms with Crippen LogP contribution < -0.4 is 0 Å². The Bertz CT molecular complexity index is 155. The molecule has 2 unspecified atom stereocenters. The second-order valence-corrected chi connectivity index (χ2v) is 4.93. The predicted molar refractivity (Wildman–Crippen MR) is 48.9 cm³/mol. The molecule has 1 heteroatoms. The Hall–Kier alpha value is 0.290. The fourth-order valence-electron chi connectivity index (χ4n) is 2.64. The average molecular weight is 173 g/mol. The van der Waals surface area contributed by atoms with Crippen molar-refractivity contribution in [1.29, 1.82) is 0 Å². The molecule has 64 valence electrons. The van der Waals surface area contributed by atoms with E-state index in [-0.39, 0.29) is 0 Å². The molecule has 0 aromatic heterocycles. The van der Waals surface area contributed by atoms with Crippen molar-refractivity contribution in [3.05, 3.63) is 0 Å². The van der Waals surface area contributed by atoms with Crippen LogP contribution in [0.3, 0.4) is 0 Å². The zero-order valence-corrected chi connectivity index (χ0v) is 8.03. The van der Waals surface area contributed by atoms with Gasteiger partial charge in [0.15, 0.2) is 0 Å². The van der Waals surface area contributed by atoms with Crippen molar-refractivity contribution in [2.24, 2.45) is 11.3 Å². The minimum atomic E-state index is 0.539. The molecule has 0 aliphatic heterocycles. The minimum absolute atomic E-state index is 0.539. The lowest BCUT2D eigenvalue weighted by atomic mass is 9.78. The smallest absolute Gasteiger partial charge is 0.0398 e. The first-order valence-electron chi connectivity index (χ1n) is 4.91. The number of hydrogen-bond donors (Lipinski definition) is 0. The van der Waals surface area contributed by atoms with Gasteiger partial charge in [-0.1, -0.05) is 26.2 Å². The van der Waals surface area contributed by atoms with E-state index in [4.69, 9.17) is 11.6 Å². The van der Waals surface area contributed by atoms with Gasteiger partial charge in [-0.05, 0) is 30.6 Å². The molecule has 1 spiro atoms. The Labute approximate surface area is 74.3 Å². The van der Waals surface area contributed by atoms with Crippen molar-refractivity contribution in [3.8, 4) is 0 Å². The van der Waals surface area contributed by atoms with Gasteiger partial charge in [0.2, 0.25) is 0 Å². The summed E-state index contributed by atoms with van der Waals surface area (Å²) in [7, 11) is 0. The highest BCUT2D eigenvalue weighted by Gasteiger charge is 2.54. The molecule has 2 fully saturated rings. The highest BCUT2D eigenvalue weighted by Crippen LogP contribution is 2.60. The molecule has 0 saturated heterocycles. The van der Waals surface area contributed by atoms with Crippen LogP contribution in [0.5, 0.6) is 0 Å². The molecule has 2 aliphatic rings. The summed E-state index contributed by atoms with van der Waals surface area (Å²) in [5.74, 6) is 0.993. The van der Waals surface area contributed by atoms with Crippen LogP contribution >= 0.6 is 11.6 Å². The van der Waals surface area contributed by atoms with Crippen molar-refractivity contribution in [2.45, 2.75) is 50.8 Å². The molecule has 3 atom stereocenters. The first kappa shape index (κ1) is 7.91. The van der Waals surface area contributed by atoms with Crippen LogP contribution in [0.1, 0.15) is 45.4 Å². The van der Waals surface area contributed by atoms with Gasteiger partial charge in [0, 0.05) is 5.38 Å². The number of halogens is 1. The maximum absolute atomic E-state index is 6.14. The van der Waals surface area contributed by atoms with Gasteiger partial charge in [0.1, 0.15) is 0 Å². The van der Waals surface area contributed by atoms with E-state index in [1.165, 1.54) is 38.5 Å². The van der Waals surface area contributed by atoms with Crippen molar-refractivity contribution in [2.75, 3.05) is 0 Å². The quantitative estimate of drug-likeness (QED) is 0.531. The van der Waals surface area contributed by atoms with Crippen molar-refractivity contribution in [1.82, 2.24) is 0 Å². The molecule has 0 aromatic rings. The monoisotopic (exact) mass is 172 g/mol. The Morgan fingerprint density at radius 2 is 2.18 bits per heavy atom. The van der Waals surface area contributed by atoms with Gasteiger partial charge in [0.05, 0.1) is 0 Å². The summed E-state index contributed by atoms with van der Waals surface area (Å²) < 4.78 is 0. The van der Waals surface area contributed by atoms with Crippen LogP contribution in [-0.2, 0) is 0 Å². The first-order chi connectivity index (χ1) is 5.27. The molecule has 0 aromatic carbocycles. The normalized spacial score (nSPS) is 49.6. The lowest BCUT2D eigenvalue weighted by Crippen LogP contribution is -2.17. The average Bonchev–Trinajstić information content (AvgIpc) is 2.61. The van der Waals surface area contributed by atoms with Gasteiger partial charge < -0.3 is 0 Å². The topological polar surface area (TPSA) is 0 Å². The van der Waals surface area contributed by atoms with Gasteiger partial charge in [0.25, 0.3) is 0 Å². The SMILES string of the molecule is CCC1CCCC2(C1)C[C@H]2Cl. The lowest BCUT2D eigenvalue weighted by molar-refractivity contribution is 0.243. The van der Waals surface area contributed by atoms with E-state index in [0.29, 0.717) is 10.8 Å². The predicted octanol–water partition coefficient (Wildman–Crippen LogP) is 3.58. The standard InChI is InChI=1S/C10H17Cl/c1-2-8-4-3-5-10(6-8)7-9(10)11/h8-9H,2-7H2,1H3/t8?,9-,10?/m1/s1. The molecule has 2 saturated carbocycles. The first-order valence-corrected chi connectivity index (χ1v) is 5.34. The largest absolute Gasteiger partial charge is 0.122 e. The van der Waals surface area contributed by atoms with Crippen LogP contribution in [0.2, 0.25) is 0 Å². The van der Waals surface area contributed by atoms with E-state index in [1.54, 1.807) is 0 Å². The highest BCUT2D eigenvalue weighted by atomic mass is 35.5. The molecule has 0 nitrogen and oxygen atoms in total. The number of alkyl halides is 1. The van der Waals surface area contributed by atoms with E-state index in [2.05, 4.69) is 6.92 Å². The maximum Gasteiger partial charge on any atom is 0.0398 e. The fraction of sp³-hybridized carbons (Fsp3) is 1.00. The Morgan fingerprint density at radius 3 is 2.73 bits per heavy atom. The molecule has 0 heterocycles. The van der Waals surface area contributed by atoms with Gasteiger partial charge >= 0.3 is 0 Å². The zero-order valence-electron chi connectivity index (χ0n) is 7.28. The molecule has 0 amide bonds. The molecule has 0 bridgehead atoms. The summed E-state index contributed by atoms with van der Waals surface area (Å²) in [4.78, 5) is 0. The van der Waals surface area contributed by atoms with E-state index in [0.717, 1.165) is 5.92 Å². The van der Waals surface area contributed by atoms with E-state index < -0.39 is 0 Å². The molecule has 2 aliphatic carbocycles. The van der Waals surface area contributed by atoms with E-state index in [9.17, 15) is 0 Å². The van der Waals surface area contributed by atoms with E-state index in [1.807, 2.05) is 0 Å². The molecular weight excluding hydrogens is 156 g/mol. The van der Waals surface area contributed by atoms with Crippen molar-refractivity contribution >= 4 is 11.6 Å². The van der Waals surface area contributed by atoms with Crippen LogP contribution in [0.25, 0.3) is 0 Å². The molecule has 0 radical (unpaired) electrons. The van der Waals surface area contributed by atoms with Gasteiger partial charge in [-0.15, -0.1) is 11.6 Å². The second kappa shape index (κ2) is 2.65. The van der Waals surface area contributed by atoms with Crippen LogP contribution in [0.4, 0.5) is 0 Å².